The van der Waals surface area contributed by atoms with Crippen molar-refractivity contribution in [2.75, 3.05) is 7.11 Å². The minimum Gasteiger partial charge on any atom is -0.493 e. The summed E-state index contributed by atoms with van der Waals surface area (Å²) in [4.78, 5) is 22.5. The number of benzene rings is 3. The van der Waals surface area contributed by atoms with Gasteiger partial charge in [0.2, 0.25) is 0 Å². The van der Waals surface area contributed by atoms with Crippen molar-refractivity contribution in [3.05, 3.63) is 99.4 Å². The second kappa shape index (κ2) is 9.33. The zero-order chi connectivity index (χ0) is 22.4. The van der Waals surface area contributed by atoms with Crippen LogP contribution in [0, 0.1) is 27.3 Å². The van der Waals surface area contributed by atoms with Crippen LogP contribution >= 0.6 is 0 Å². The SMILES string of the molecule is COc1cc(/C=C(\C#N)c2ccc([N+](=O)[O-])cc2)ccc1OC(=O)c1ccc(F)cc1. The molecule has 3 aromatic carbocycles. The number of rotatable bonds is 6. The van der Waals surface area contributed by atoms with E-state index in [1.54, 1.807) is 18.2 Å². The maximum Gasteiger partial charge on any atom is 0.343 e. The van der Waals surface area contributed by atoms with E-state index in [2.05, 4.69) is 6.07 Å². The van der Waals surface area contributed by atoms with E-state index in [1.165, 1.54) is 49.6 Å². The van der Waals surface area contributed by atoms with E-state index in [0.29, 0.717) is 11.1 Å². The van der Waals surface area contributed by atoms with Crippen LogP contribution in [0.4, 0.5) is 10.1 Å². The summed E-state index contributed by atoms with van der Waals surface area (Å²) in [5.41, 5.74) is 1.49. The average molecular weight is 418 g/mol. The number of hydrogen-bond acceptors (Lipinski definition) is 6. The van der Waals surface area contributed by atoms with Gasteiger partial charge in [-0.15, -0.1) is 0 Å². The van der Waals surface area contributed by atoms with Gasteiger partial charge in [-0.1, -0.05) is 6.07 Å². The van der Waals surface area contributed by atoms with E-state index in [4.69, 9.17) is 9.47 Å². The van der Waals surface area contributed by atoms with Gasteiger partial charge in [0.15, 0.2) is 11.5 Å². The van der Waals surface area contributed by atoms with Crippen molar-refractivity contribution in [2.45, 2.75) is 0 Å². The third-order valence-electron chi connectivity index (χ3n) is 4.29. The normalized spacial score (nSPS) is 10.8. The standard InChI is InChI=1S/C23H15FN2O5/c1-30-22-13-15(12-18(14-25)16-5-9-20(10-6-16)26(28)29)2-11-21(22)31-23(27)17-3-7-19(24)8-4-17/h2-13H,1H3/b18-12+. The molecule has 3 rings (SSSR count). The van der Waals surface area contributed by atoms with Gasteiger partial charge in [0.05, 0.1) is 29.2 Å². The Bertz CT molecular complexity index is 1200. The first-order valence-corrected chi connectivity index (χ1v) is 8.93. The van der Waals surface area contributed by atoms with Gasteiger partial charge in [-0.2, -0.15) is 5.26 Å². The summed E-state index contributed by atoms with van der Waals surface area (Å²) in [5.74, 6) is -0.732. The summed E-state index contributed by atoms with van der Waals surface area (Å²) < 4.78 is 23.6. The molecule has 0 spiro atoms. The molecule has 0 aliphatic heterocycles. The molecular formula is C23H15FN2O5. The van der Waals surface area contributed by atoms with E-state index in [9.17, 15) is 24.6 Å². The topological polar surface area (TPSA) is 102 Å². The number of ether oxygens (including phenoxy) is 2. The van der Waals surface area contributed by atoms with Gasteiger partial charge in [-0.05, 0) is 65.7 Å². The molecule has 0 aromatic heterocycles. The van der Waals surface area contributed by atoms with Crippen molar-refractivity contribution >= 4 is 23.3 Å². The van der Waals surface area contributed by atoms with E-state index in [0.717, 1.165) is 12.1 Å². The summed E-state index contributed by atoms with van der Waals surface area (Å²) in [6.45, 7) is 0. The molecule has 154 valence electrons. The van der Waals surface area contributed by atoms with Gasteiger partial charge in [0, 0.05) is 12.1 Å². The maximum atomic E-state index is 13.0. The molecule has 0 bridgehead atoms. The number of methoxy groups -OCH3 is 1. The Labute approximate surface area is 176 Å². The highest BCUT2D eigenvalue weighted by Crippen LogP contribution is 2.31. The number of esters is 1. The van der Waals surface area contributed by atoms with Crippen LogP contribution in [0.3, 0.4) is 0 Å². The molecule has 8 heteroatoms. The summed E-state index contributed by atoms with van der Waals surface area (Å²) in [5, 5.41) is 20.3. The minimum absolute atomic E-state index is 0.0740. The predicted molar refractivity (Wildman–Crippen MR) is 111 cm³/mol. The molecule has 0 aliphatic carbocycles. The Balaban J connectivity index is 1.85. The quantitative estimate of drug-likeness (QED) is 0.139. The Morgan fingerprint density at radius 3 is 2.26 bits per heavy atom. The average Bonchev–Trinajstić information content (AvgIpc) is 2.78. The van der Waals surface area contributed by atoms with Gasteiger partial charge in [-0.3, -0.25) is 10.1 Å². The first kappa shape index (κ1) is 21.2. The van der Waals surface area contributed by atoms with Crippen molar-refractivity contribution in [2.24, 2.45) is 0 Å². The number of allylic oxidation sites excluding steroid dienone is 1. The van der Waals surface area contributed by atoms with Crippen LogP contribution in [-0.2, 0) is 0 Å². The molecule has 0 amide bonds. The van der Waals surface area contributed by atoms with Crippen LogP contribution in [0.2, 0.25) is 0 Å². The smallest absolute Gasteiger partial charge is 0.343 e. The lowest BCUT2D eigenvalue weighted by Gasteiger charge is -2.10. The highest BCUT2D eigenvalue weighted by atomic mass is 19.1. The van der Waals surface area contributed by atoms with Gasteiger partial charge >= 0.3 is 5.97 Å². The molecule has 31 heavy (non-hydrogen) atoms. The molecule has 0 heterocycles. The van der Waals surface area contributed by atoms with E-state index in [-0.39, 0.29) is 28.3 Å². The second-order valence-electron chi connectivity index (χ2n) is 6.28. The summed E-state index contributed by atoms with van der Waals surface area (Å²) in [6.07, 6.45) is 1.58. The fraction of sp³-hybridized carbons (Fsp3) is 0.0435. The lowest BCUT2D eigenvalue weighted by Crippen LogP contribution is -2.09. The molecule has 0 saturated carbocycles. The van der Waals surface area contributed by atoms with Crippen molar-refractivity contribution in [3.63, 3.8) is 0 Å². The minimum atomic E-state index is -0.676. The van der Waals surface area contributed by atoms with Crippen LogP contribution in [0.5, 0.6) is 11.5 Å². The molecular weight excluding hydrogens is 403 g/mol. The molecule has 0 atom stereocenters. The Hall–Kier alpha value is -4.51. The third-order valence-corrected chi connectivity index (χ3v) is 4.29. The van der Waals surface area contributed by atoms with Gasteiger partial charge in [-0.25, -0.2) is 9.18 Å². The number of hydrogen-bond donors (Lipinski definition) is 0. The Morgan fingerprint density at radius 1 is 1.03 bits per heavy atom. The first-order chi connectivity index (χ1) is 14.9. The lowest BCUT2D eigenvalue weighted by atomic mass is 10.0. The number of nitrogens with zero attached hydrogens (tertiary/aromatic N) is 2. The molecule has 7 nitrogen and oxygen atoms in total. The Kier molecular flexibility index (Phi) is 6.38. The van der Waals surface area contributed by atoms with Gasteiger partial charge < -0.3 is 9.47 Å². The molecule has 0 N–H and O–H groups in total. The zero-order valence-electron chi connectivity index (χ0n) is 16.2. The number of carbonyl (C=O) groups is 1. The fourth-order valence-electron chi connectivity index (χ4n) is 2.71. The van der Waals surface area contributed by atoms with Gasteiger partial charge in [0.25, 0.3) is 5.69 Å². The van der Waals surface area contributed by atoms with Crippen molar-refractivity contribution < 1.29 is 23.6 Å². The van der Waals surface area contributed by atoms with Crippen LogP contribution < -0.4 is 9.47 Å². The van der Waals surface area contributed by atoms with Crippen LogP contribution in [0.25, 0.3) is 11.6 Å². The number of carbonyl (C=O) groups excluding carboxylic acids is 1. The molecule has 3 aromatic rings. The van der Waals surface area contributed by atoms with Crippen LogP contribution in [0.1, 0.15) is 21.5 Å². The Morgan fingerprint density at radius 2 is 1.68 bits per heavy atom. The third kappa shape index (κ3) is 5.10. The largest absolute Gasteiger partial charge is 0.493 e. The number of nitriles is 1. The molecule has 0 fully saturated rings. The molecule has 0 unspecified atom stereocenters. The maximum absolute atomic E-state index is 13.0. The zero-order valence-corrected chi connectivity index (χ0v) is 16.2. The second-order valence-corrected chi connectivity index (χ2v) is 6.28. The molecule has 0 saturated heterocycles. The van der Waals surface area contributed by atoms with Crippen molar-refractivity contribution in [3.8, 4) is 17.6 Å². The van der Waals surface area contributed by atoms with Crippen molar-refractivity contribution in [1.82, 2.24) is 0 Å². The first-order valence-electron chi connectivity index (χ1n) is 8.93. The summed E-state index contributed by atoms with van der Waals surface area (Å²) >= 11 is 0. The van der Waals surface area contributed by atoms with Crippen LogP contribution in [-0.4, -0.2) is 18.0 Å². The van der Waals surface area contributed by atoms with Crippen LogP contribution in [0.15, 0.2) is 66.7 Å². The number of nitro groups is 1. The van der Waals surface area contributed by atoms with E-state index in [1.807, 2.05) is 0 Å². The molecule has 0 aliphatic rings. The monoisotopic (exact) mass is 418 g/mol. The fourth-order valence-corrected chi connectivity index (χ4v) is 2.71. The molecule has 0 radical (unpaired) electrons. The van der Waals surface area contributed by atoms with Crippen molar-refractivity contribution in [1.29, 1.82) is 5.26 Å². The van der Waals surface area contributed by atoms with E-state index < -0.39 is 16.7 Å². The number of nitro benzene ring substituents is 1. The highest BCUT2D eigenvalue weighted by molar-refractivity contribution is 5.92. The summed E-state index contributed by atoms with van der Waals surface area (Å²) in [6, 6.07) is 17.3. The highest BCUT2D eigenvalue weighted by Gasteiger charge is 2.13. The lowest BCUT2D eigenvalue weighted by molar-refractivity contribution is -0.384. The summed E-state index contributed by atoms with van der Waals surface area (Å²) in [7, 11) is 1.40. The van der Waals surface area contributed by atoms with Gasteiger partial charge in [0.1, 0.15) is 5.82 Å². The van der Waals surface area contributed by atoms with E-state index >= 15 is 0 Å². The predicted octanol–water partition coefficient (Wildman–Crippen LogP) is 5.03. The number of non-ortho nitro benzene ring substituents is 1. The number of halogens is 1.